The summed E-state index contributed by atoms with van der Waals surface area (Å²) in [5, 5.41) is 9.10. The molecule has 1 aromatic heterocycles. The first-order valence-electron chi connectivity index (χ1n) is 5.20. The minimum atomic E-state index is -0.997. The van der Waals surface area contributed by atoms with Crippen molar-refractivity contribution < 1.29 is 14.6 Å². The monoisotopic (exact) mass is 358 g/mol. The normalized spacial score (nSPS) is 10.3. The van der Waals surface area contributed by atoms with E-state index in [0.29, 0.717) is 5.75 Å². The van der Waals surface area contributed by atoms with Crippen LogP contribution in [-0.2, 0) is 13.7 Å². The van der Waals surface area contributed by atoms with Crippen LogP contribution in [0, 0.1) is 3.57 Å². The number of benzene rings is 1. The number of halogens is 1. The molecule has 2 aromatic rings. The lowest BCUT2D eigenvalue weighted by Gasteiger charge is -2.09. The fourth-order valence-corrected chi connectivity index (χ4v) is 1.96. The summed E-state index contributed by atoms with van der Waals surface area (Å²) in [6.07, 6.45) is 3.48. The zero-order valence-corrected chi connectivity index (χ0v) is 11.8. The Kier molecular flexibility index (Phi) is 3.85. The molecule has 18 heavy (non-hydrogen) atoms. The number of imidazole rings is 1. The standard InChI is InChI=1S/C12H11IN2O3/c1-15-5-4-14-11(15)7-18-10-3-2-8(13)6-9(10)12(16)17/h2-6H,7H2,1H3,(H,16,17). The van der Waals surface area contributed by atoms with Gasteiger partial charge >= 0.3 is 5.97 Å². The molecule has 0 aliphatic rings. The fraction of sp³-hybridized carbons (Fsp3) is 0.167. The Hall–Kier alpha value is -1.57. The van der Waals surface area contributed by atoms with Gasteiger partial charge in [0.05, 0.1) is 0 Å². The van der Waals surface area contributed by atoms with Crippen LogP contribution in [0.3, 0.4) is 0 Å². The maximum atomic E-state index is 11.1. The first-order chi connectivity index (χ1) is 8.58. The van der Waals surface area contributed by atoms with E-state index in [0.717, 1.165) is 9.39 Å². The van der Waals surface area contributed by atoms with Gasteiger partial charge in [-0.25, -0.2) is 9.78 Å². The van der Waals surface area contributed by atoms with Crippen LogP contribution in [0.15, 0.2) is 30.6 Å². The Bertz CT molecular complexity index is 580. The van der Waals surface area contributed by atoms with Crippen LogP contribution in [-0.4, -0.2) is 20.6 Å². The summed E-state index contributed by atoms with van der Waals surface area (Å²) in [7, 11) is 1.86. The van der Waals surface area contributed by atoms with E-state index in [1.54, 1.807) is 24.4 Å². The van der Waals surface area contributed by atoms with Crippen LogP contribution >= 0.6 is 22.6 Å². The average Bonchev–Trinajstić information content (AvgIpc) is 2.73. The second-order valence-electron chi connectivity index (χ2n) is 3.69. The van der Waals surface area contributed by atoms with Gasteiger partial charge in [0, 0.05) is 23.0 Å². The first kappa shape index (κ1) is 12.9. The molecule has 0 unspecified atom stereocenters. The summed E-state index contributed by atoms with van der Waals surface area (Å²) in [5.74, 6) is 0.0964. The fourth-order valence-electron chi connectivity index (χ4n) is 1.47. The number of aromatic carboxylic acids is 1. The van der Waals surface area contributed by atoms with Crippen molar-refractivity contribution in [3.8, 4) is 5.75 Å². The Labute approximate surface area is 118 Å². The summed E-state index contributed by atoms with van der Waals surface area (Å²) in [4.78, 5) is 15.2. The van der Waals surface area contributed by atoms with E-state index >= 15 is 0 Å². The van der Waals surface area contributed by atoms with E-state index < -0.39 is 5.97 Å². The Morgan fingerprint density at radius 2 is 2.33 bits per heavy atom. The lowest BCUT2D eigenvalue weighted by Crippen LogP contribution is -2.07. The predicted octanol–water partition coefficient (Wildman–Crippen LogP) is 2.30. The third-order valence-corrected chi connectivity index (χ3v) is 3.12. The molecule has 0 saturated carbocycles. The topological polar surface area (TPSA) is 64.4 Å². The molecule has 0 radical (unpaired) electrons. The maximum absolute atomic E-state index is 11.1. The van der Waals surface area contributed by atoms with Gasteiger partial charge in [0.2, 0.25) is 0 Å². The van der Waals surface area contributed by atoms with E-state index in [-0.39, 0.29) is 12.2 Å². The van der Waals surface area contributed by atoms with Gasteiger partial charge in [-0.3, -0.25) is 0 Å². The Morgan fingerprint density at radius 3 is 2.94 bits per heavy atom. The van der Waals surface area contributed by atoms with E-state index in [1.165, 1.54) is 0 Å². The van der Waals surface area contributed by atoms with Crippen molar-refractivity contribution >= 4 is 28.6 Å². The zero-order valence-electron chi connectivity index (χ0n) is 9.63. The number of carbonyl (C=O) groups is 1. The van der Waals surface area contributed by atoms with Gasteiger partial charge in [0.15, 0.2) is 0 Å². The maximum Gasteiger partial charge on any atom is 0.339 e. The molecule has 0 saturated heterocycles. The molecule has 0 bridgehead atoms. The van der Waals surface area contributed by atoms with Gasteiger partial charge < -0.3 is 14.4 Å². The van der Waals surface area contributed by atoms with Gasteiger partial charge in [-0.2, -0.15) is 0 Å². The third-order valence-electron chi connectivity index (χ3n) is 2.45. The smallest absolute Gasteiger partial charge is 0.339 e. The molecule has 0 aliphatic heterocycles. The van der Waals surface area contributed by atoms with E-state index in [2.05, 4.69) is 27.6 Å². The van der Waals surface area contributed by atoms with Crippen LogP contribution < -0.4 is 4.74 Å². The molecule has 0 amide bonds. The van der Waals surface area contributed by atoms with Crippen molar-refractivity contribution in [3.63, 3.8) is 0 Å². The number of aromatic nitrogens is 2. The molecule has 1 heterocycles. The van der Waals surface area contributed by atoms with Crippen molar-refractivity contribution in [2.24, 2.45) is 7.05 Å². The number of carboxylic acid groups (broad SMARTS) is 1. The lowest BCUT2D eigenvalue weighted by molar-refractivity contribution is 0.0691. The van der Waals surface area contributed by atoms with Crippen molar-refractivity contribution in [2.75, 3.05) is 0 Å². The van der Waals surface area contributed by atoms with Crippen molar-refractivity contribution in [2.45, 2.75) is 6.61 Å². The summed E-state index contributed by atoms with van der Waals surface area (Å²) in [6, 6.07) is 5.05. The molecule has 1 aromatic carbocycles. The minimum absolute atomic E-state index is 0.163. The quantitative estimate of drug-likeness (QED) is 0.852. The highest BCUT2D eigenvalue weighted by Crippen LogP contribution is 2.22. The lowest BCUT2D eigenvalue weighted by atomic mass is 10.2. The van der Waals surface area contributed by atoms with E-state index in [4.69, 9.17) is 9.84 Å². The SMILES string of the molecule is Cn1ccnc1COc1ccc(I)cc1C(=O)O. The van der Waals surface area contributed by atoms with Gasteiger partial charge in [-0.1, -0.05) is 0 Å². The molecule has 0 fully saturated rings. The summed E-state index contributed by atoms with van der Waals surface area (Å²) in [5.41, 5.74) is 0.163. The van der Waals surface area contributed by atoms with Crippen LogP contribution in [0.25, 0.3) is 0 Å². The van der Waals surface area contributed by atoms with Crippen molar-refractivity contribution in [3.05, 3.63) is 45.6 Å². The minimum Gasteiger partial charge on any atom is -0.485 e. The molecule has 0 atom stereocenters. The van der Waals surface area contributed by atoms with Crippen molar-refractivity contribution in [1.29, 1.82) is 0 Å². The number of aryl methyl sites for hydroxylation is 1. The number of carboxylic acids is 1. The Balaban J connectivity index is 2.19. The molecule has 2 rings (SSSR count). The molecule has 1 N–H and O–H groups in total. The highest BCUT2D eigenvalue weighted by molar-refractivity contribution is 14.1. The van der Waals surface area contributed by atoms with Crippen molar-refractivity contribution in [1.82, 2.24) is 9.55 Å². The number of rotatable bonds is 4. The van der Waals surface area contributed by atoms with Gasteiger partial charge in [-0.15, -0.1) is 0 Å². The van der Waals surface area contributed by atoms with E-state index in [1.807, 2.05) is 17.8 Å². The summed E-state index contributed by atoms with van der Waals surface area (Å²) in [6.45, 7) is 0.240. The second-order valence-corrected chi connectivity index (χ2v) is 4.93. The summed E-state index contributed by atoms with van der Waals surface area (Å²) < 4.78 is 8.19. The van der Waals surface area contributed by atoms with Crippen LogP contribution in [0.2, 0.25) is 0 Å². The molecular formula is C12H11IN2O3. The van der Waals surface area contributed by atoms with Crippen LogP contribution in [0.1, 0.15) is 16.2 Å². The second kappa shape index (κ2) is 5.38. The zero-order chi connectivity index (χ0) is 13.1. The molecular weight excluding hydrogens is 347 g/mol. The Morgan fingerprint density at radius 1 is 1.56 bits per heavy atom. The van der Waals surface area contributed by atoms with E-state index in [9.17, 15) is 4.79 Å². The van der Waals surface area contributed by atoms with Crippen LogP contribution in [0.4, 0.5) is 0 Å². The molecule has 0 spiro atoms. The number of nitrogens with zero attached hydrogens (tertiary/aromatic N) is 2. The molecule has 0 aliphatic carbocycles. The largest absolute Gasteiger partial charge is 0.485 e. The predicted molar refractivity (Wildman–Crippen MR) is 73.7 cm³/mol. The first-order valence-corrected chi connectivity index (χ1v) is 6.27. The molecule has 94 valence electrons. The van der Waals surface area contributed by atoms with Crippen LogP contribution in [0.5, 0.6) is 5.75 Å². The number of hydrogen-bond donors (Lipinski definition) is 1. The third kappa shape index (κ3) is 2.81. The number of ether oxygens (including phenoxy) is 1. The van der Waals surface area contributed by atoms with Gasteiger partial charge in [0.25, 0.3) is 0 Å². The molecule has 5 nitrogen and oxygen atoms in total. The van der Waals surface area contributed by atoms with Gasteiger partial charge in [-0.05, 0) is 40.8 Å². The number of hydrogen-bond acceptors (Lipinski definition) is 3. The molecule has 6 heteroatoms. The average molecular weight is 358 g/mol. The highest BCUT2D eigenvalue weighted by atomic mass is 127. The summed E-state index contributed by atoms with van der Waals surface area (Å²) >= 11 is 2.06. The highest BCUT2D eigenvalue weighted by Gasteiger charge is 2.12. The van der Waals surface area contributed by atoms with Gasteiger partial charge in [0.1, 0.15) is 23.7 Å².